The lowest BCUT2D eigenvalue weighted by molar-refractivity contribution is -0.138. The summed E-state index contributed by atoms with van der Waals surface area (Å²) >= 11 is 0. The first-order valence-electron chi connectivity index (χ1n) is 9.04. The number of H-pyrrole nitrogens is 1. The van der Waals surface area contributed by atoms with E-state index in [0.717, 1.165) is 36.5 Å². The highest BCUT2D eigenvalue weighted by Crippen LogP contribution is 2.35. The SMILES string of the molecule is Cc1c(NC(=O)c2ccc3[nH]c4c(c3c2)CN(C)CC4)cccc1C(F)(F)F. The Labute approximate surface area is 160 Å². The number of likely N-dealkylation sites (N-methyl/N-ethyl adjacent to an activating group) is 1. The van der Waals surface area contributed by atoms with Gasteiger partial charge in [0.15, 0.2) is 0 Å². The number of nitrogens with zero attached hydrogens (tertiary/aromatic N) is 1. The molecule has 1 aromatic heterocycles. The number of anilines is 1. The zero-order valence-electron chi connectivity index (χ0n) is 15.6. The predicted molar refractivity (Wildman–Crippen MR) is 102 cm³/mol. The molecule has 1 amide bonds. The van der Waals surface area contributed by atoms with E-state index in [9.17, 15) is 18.0 Å². The smallest absolute Gasteiger partial charge is 0.358 e. The van der Waals surface area contributed by atoms with Crippen molar-refractivity contribution in [3.8, 4) is 0 Å². The van der Waals surface area contributed by atoms with E-state index in [1.807, 2.05) is 12.1 Å². The maximum atomic E-state index is 13.1. The number of aromatic nitrogens is 1. The van der Waals surface area contributed by atoms with Gasteiger partial charge in [0.2, 0.25) is 0 Å². The molecule has 2 N–H and O–H groups in total. The number of hydrogen-bond donors (Lipinski definition) is 2. The molecule has 28 heavy (non-hydrogen) atoms. The van der Waals surface area contributed by atoms with Gasteiger partial charge in [-0.25, -0.2) is 0 Å². The fraction of sp³-hybridized carbons (Fsp3) is 0.286. The first-order chi connectivity index (χ1) is 13.2. The largest absolute Gasteiger partial charge is 0.416 e. The minimum Gasteiger partial charge on any atom is -0.358 e. The molecule has 0 spiro atoms. The molecule has 2 heterocycles. The Balaban J connectivity index is 1.66. The van der Waals surface area contributed by atoms with Crippen molar-refractivity contribution in [3.63, 3.8) is 0 Å². The topological polar surface area (TPSA) is 48.1 Å². The number of nitrogens with one attached hydrogen (secondary N) is 2. The monoisotopic (exact) mass is 387 g/mol. The normalized spacial score (nSPS) is 14.9. The zero-order valence-corrected chi connectivity index (χ0v) is 15.6. The van der Waals surface area contributed by atoms with Crippen LogP contribution in [-0.4, -0.2) is 29.4 Å². The van der Waals surface area contributed by atoms with Crippen LogP contribution in [0.2, 0.25) is 0 Å². The lowest BCUT2D eigenvalue weighted by atomic mass is 10.0. The van der Waals surface area contributed by atoms with E-state index < -0.39 is 17.6 Å². The van der Waals surface area contributed by atoms with E-state index in [-0.39, 0.29) is 11.3 Å². The van der Waals surface area contributed by atoms with Crippen molar-refractivity contribution in [1.82, 2.24) is 9.88 Å². The van der Waals surface area contributed by atoms with Crippen molar-refractivity contribution in [1.29, 1.82) is 0 Å². The maximum Gasteiger partial charge on any atom is 0.416 e. The van der Waals surface area contributed by atoms with Crippen molar-refractivity contribution in [2.45, 2.75) is 26.1 Å². The van der Waals surface area contributed by atoms with Crippen LogP contribution < -0.4 is 5.32 Å². The number of hydrogen-bond acceptors (Lipinski definition) is 2. The summed E-state index contributed by atoms with van der Waals surface area (Å²) < 4.78 is 39.3. The number of aromatic amines is 1. The molecular formula is C21H20F3N3O. The second kappa shape index (κ2) is 6.67. The average Bonchev–Trinajstić information content (AvgIpc) is 2.99. The van der Waals surface area contributed by atoms with Gasteiger partial charge in [-0.1, -0.05) is 6.07 Å². The molecule has 0 saturated heterocycles. The first kappa shape index (κ1) is 18.6. The number of halogens is 3. The van der Waals surface area contributed by atoms with Crippen molar-refractivity contribution < 1.29 is 18.0 Å². The Hall–Kier alpha value is -2.80. The highest BCUT2D eigenvalue weighted by Gasteiger charge is 2.33. The molecule has 3 aromatic rings. The molecule has 4 rings (SSSR count). The molecule has 0 aliphatic carbocycles. The summed E-state index contributed by atoms with van der Waals surface area (Å²) in [7, 11) is 2.05. The molecule has 0 atom stereocenters. The molecule has 0 bridgehead atoms. The van der Waals surface area contributed by atoms with E-state index >= 15 is 0 Å². The van der Waals surface area contributed by atoms with Crippen LogP contribution in [0.1, 0.15) is 32.7 Å². The number of carbonyl (C=O) groups is 1. The van der Waals surface area contributed by atoms with Crippen molar-refractivity contribution in [3.05, 3.63) is 64.3 Å². The van der Waals surface area contributed by atoms with Crippen molar-refractivity contribution >= 4 is 22.5 Å². The summed E-state index contributed by atoms with van der Waals surface area (Å²) in [5, 5.41) is 3.61. The maximum absolute atomic E-state index is 13.1. The van der Waals surface area contributed by atoms with E-state index in [1.54, 1.807) is 6.07 Å². The van der Waals surface area contributed by atoms with Gasteiger partial charge in [-0.05, 0) is 55.4 Å². The molecule has 0 saturated carbocycles. The Morgan fingerprint density at radius 3 is 2.75 bits per heavy atom. The van der Waals surface area contributed by atoms with Gasteiger partial charge in [0.1, 0.15) is 0 Å². The predicted octanol–water partition coefficient (Wildman–Crippen LogP) is 4.74. The fourth-order valence-electron chi connectivity index (χ4n) is 3.76. The molecule has 1 aliphatic heterocycles. The van der Waals surface area contributed by atoms with Crippen LogP contribution in [0.25, 0.3) is 10.9 Å². The Kier molecular flexibility index (Phi) is 4.42. The van der Waals surface area contributed by atoms with Crippen LogP contribution in [0.4, 0.5) is 18.9 Å². The Morgan fingerprint density at radius 1 is 1.21 bits per heavy atom. The lowest BCUT2D eigenvalue weighted by Gasteiger charge is -2.22. The third-order valence-electron chi connectivity index (χ3n) is 5.32. The number of amides is 1. The molecule has 2 aromatic carbocycles. The lowest BCUT2D eigenvalue weighted by Crippen LogP contribution is -2.26. The second-order valence-electron chi connectivity index (χ2n) is 7.26. The number of benzene rings is 2. The second-order valence-corrected chi connectivity index (χ2v) is 7.26. The van der Waals surface area contributed by atoms with E-state index in [1.165, 1.54) is 30.3 Å². The third-order valence-corrected chi connectivity index (χ3v) is 5.32. The summed E-state index contributed by atoms with van der Waals surface area (Å²) in [5.41, 5.74) is 3.16. The van der Waals surface area contributed by atoms with Crippen molar-refractivity contribution in [2.75, 3.05) is 18.9 Å². The van der Waals surface area contributed by atoms with Crippen LogP contribution in [-0.2, 0) is 19.1 Å². The van der Waals surface area contributed by atoms with Gasteiger partial charge in [0.25, 0.3) is 5.91 Å². The van der Waals surface area contributed by atoms with Gasteiger partial charge in [0.05, 0.1) is 5.56 Å². The Bertz CT molecular complexity index is 1070. The fourth-order valence-corrected chi connectivity index (χ4v) is 3.76. The number of rotatable bonds is 2. The highest BCUT2D eigenvalue weighted by molar-refractivity contribution is 6.07. The average molecular weight is 387 g/mol. The number of alkyl halides is 3. The van der Waals surface area contributed by atoms with Gasteiger partial charge >= 0.3 is 6.18 Å². The summed E-state index contributed by atoms with van der Waals surface area (Å²) in [6.07, 6.45) is -3.54. The van der Waals surface area contributed by atoms with Gasteiger partial charge in [-0.15, -0.1) is 0 Å². The van der Waals surface area contributed by atoms with Crippen molar-refractivity contribution in [2.24, 2.45) is 0 Å². The summed E-state index contributed by atoms with van der Waals surface area (Å²) in [4.78, 5) is 18.3. The first-order valence-corrected chi connectivity index (χ1v) is 9.04. The molecule has 7 heteroatoms. The molecular weight excluding hydrogens is 367 g/mol. The van der Waals surface area contributed by atoms with Gasteiger partial charge in [-0.2, -0.15) is 13.2 Å². The standard InChI is InChI=1S/C21H20F3N3O/c1-12-16(21(22,23)24)4-3-5-17(12)26-20(28)13-6-7-18-14(10-13)15-11-27(2)9-8-19(15)25-18/h3-7,10,25H,8-9,11H2,1-2H3,(H,26,28). The molecule has 146 valence electrons. The van der Waals surface area contributed by atoms with E-state index in [4.69, 9.17) is 0 Å². The molecule has 0 fully saturated rings. The van der Waals surface area contributed by atoms with Gasteiger partial charge < -0.3 is 15.2 Å². The molecule has 0 radical (unpaired) electrons. The minimum atomic E-state index is -4.46. The van der Waals surface area contributed by atoms with Crippen LogP contribution in [0.15, 0.2) is 36.4 Å². The van der Waals surface area contributed by atoms with E-state index in [2.05, 4.69) is 22.2 Å². The summed E-state index contributed by atoms with van der Waals surface area (Å²) in [6.45, 7) is 3.13. The van der Waals surface area contributed by atoms with E-state index in [0.29, 0.717) is 5.56 Å². The number of carbonyl (C=O) groups excluding carboxylic acids is 1. The van der Waals surface area contributed by atoms with Crippen LogP contribution in [0.3, 0.4) is 0 Å². The number of fused-ring (bicyclic) bond motifs is 3. The molecule has 1 aliphatic rings. The Morgan fingerprint density at radius 2 is 2.00 bits per heavy atom. The minimum absolute atomic E-state index is 0.00470. The summed E-state index contributed by atoms with van der Waals surface area (Å²) in [6, 6.07) is 9.14. The van der Waals surface area contributed by atoms with Crippen LogP contribution in [0.5, 0.6) is 0 Å². The molecule has 4 nitrogen and oxygen atoms in total. The molecule has 0 unspecified atom stereocenters. The quantitative estimate of drug-likeness (QED) is 0.668. The van der Waals surface area contributed by atoms with Crippen LogP contribution in [0, 0.1) is 6.92 Å². The third kappa shape index (κ3) is 3.26. The van der Waals surface area contributed by atoms with Gasteiger partial charge in [0, 0.05) is 47.4 Å². The van der Waals surface area contributed by atoms with Gasteiger partial charge in [-0.3, -0.25) is 4.79 Å². The highest BCUT2D eigenvalue weighted by atomic mass is 19.4. The summed E-state index contributed by atoms with van der Waals surface area (Å²) in [5.74, 6) is -0.427. The zero-order chi connectivity index (χ0) is 20.1. The van der Waals surface area contributed by atoms with Crippen LogP contribution >= 0.6 is 0 Å².